The first kappa shape index (κ1) is 16.4. The van der Waals surface area contributed by atoms with Crippen LogP contribution in [0.25, 0.3) is 0 Å². The minimum absolute atomic E-state index is 0.0197. The van der Waals surface area contributed by atoms with Gasteiger partial charge in [-0.25, -0.2) is 4.39 Å². The highest BCUT2D eigenvalue weighted by atomic mass is 19.1. The molecule has 0 N–H and O–H groups in total. The molecule has 0 radical (unpaired) electrons. The van der Waals surface area contributed by atoms with Crippen molar-refractivity contribution in [3.8, 4) is 5.75 Å². The molecular weight excluding hydrogens is 315 g/mol. The molecule has 0 bridgehead atoms. The molecule has 2 heterocycles. The molecule has 0 spiro atoms. The molecule has 3 nitrogen and oxygen atoms in total. The van der Waals surface area contributed by atoms with Crippen molar-refractivity contribution >= 4 is 5.69 Å². The van der Waals surface area contributed by atoms with E-state index in [1.54, 1.807) is 6.07 Å². The third-order valence-corrected chi connectivity index (χ3v) is 5.32. The standard InChI is InChI=1S/C21H25FN2O/c1-21(2)13-24(20-15(21)9-7-10-16(20)22)19-14-8-5-6-11-17(14)25-18(19)12-23(3)4/h5-11,18-19H,12-13H2,1-4H3/t18-,19+/m1/s1. The van der Waals surface area contributed by atoms with Crippen molar-refractivity contribution in [1.82, 2.24) is 4.90 Å². The number of fused-ring (bicyclic) bond motifs is 2. The Morgan fingerprint density at radius 2 is 1.92 bits per heavy atom. The van der Waals surface area contributed by atoms with Gasteiger partial charge in [0.1, 0.15) is 17.7 Å². The van der Waals surface area contributed by atoms with E-state index >= 15 is 0 Å². The second-order valence-corrected chi connectivity index (χ2v) is 8.05. The van der Waals surface area contributed by atoms with E-state index in [1.807, 2.05) is 38.4 Å². The van der Waals surface area contributed by atoms with Crippen molar-refractivity contribution in [2.45, 2.75) is 31.4 Å². The lowest BCUT2D eigenvalue weighted by Gasteiger charge is -2.33. The van der Waals surface area contributed by atoms with E-state index in [9.17, 15) is 4.39 Å². The summed E-state index contributed by atoms with van der Waals surface area (Å²) in [5.74, 6) is 0.776. The molecule has 2 aliphatic heterocycles. The molecule has 0 saturated heterocycles. The lowest BCUT2D eigenvalue weighted by atomic mass is 9.87. The monoisotopic (exact) mass is 340 g/mol. The summed E-state index contributed by atoms with van der Waals surface area (Å²) < 4.78 is 21.1. The average molecular weight is 340 g/mol. The van der Waals surface area contributed by atoms with Crippen LogP contribution in [-0.2, 0) is 5.41 Å². The number of hydrogen-bond acceptors (Lipinski definition) is 3. The number of halogens is 1. The predicted octanol–water partition coefficient (Wildman–Crippen LogP) is 3.99. The van der Waals surface area contributed by atoms with Crippen LogP contribution in [0.2, 0.25) is 0 Å². The highest BCUT2D eigenvalue weighted by Crippen LogP contribution is 2.50. The Kier molecular flexibility index (Phi) is 3.76. The van der Waals surface area contributed by atoms with Gasteiger partial charge in [0, 0.05) is 24.1 Å². The molecule has 0 amide bonds. The van der Waals surface area contributed by atoms with Crippen LogP contribution >= 0.6 is 0 Å². The molecule has 4 rings (SSSR count). The lowest BCUT2D eigenvalue weighted by molar-refractivity contribution is 0.159. The zero-order valence-electron chi connectivity index (χ0n) is 15.3. The first-order valence-electron chi connectivity index (χ1n) is 8.84. The van der Waals surface area contributed by atoms with Crippen LogP contribution in [-0.4, -0.2) is 38.2 Å². The molecule has 4 heteroatoms. The highest BCUT2D eigenvalue weighted by molar-refractivity contribution is 5.65. The molecule has 132 valence electrons. The van der Waals surface area contributed by atoms with Gasteiger partial charge >= 0.3 is 0 Å². The molecule has 0 aromatic heterocycles. The average Bonchev–Trinajstić information content (AvgIpc) is 3.02. The van der Waals surface area contributed by atoms with Crippen LogP contribution in [0.1, 0.15) is 31.0 Å². The van der Waals surface area contributed by atoms with Gasteiger partial charge in [-0.2, -0.15) is 0 Å². The zero-order chi connectivity index (χ0) is 17.8. The van der Waals surface area contributed by atoms with Crippen molar-refractivity contribution in [3.63, 3.8) is 0 Å². The van der Waals surface area contributed by atoms with E-state index < -0.39 is 0 Å². The first-order chi connectivity index (χ1) is 11.9. The lowest BCUT2D eigenvalue weighted by Crippen LogP contribution is -2.42. The van der Waals surface area contributed by atoms with E-state index in [4.69, 9.17) is 4.74 Å². The quantitative estimate of drug-likeness (QED) is 0.840. The van der Waals surface area contributed by atoms with Crippen molar-refractivity contribution in [2.24, 2.45) is 0 Å². The Morgan fingerprint density at radius 1 is 1.16 bits per heavy atom. The topological polar surface area (TPSA) is 15.7 Å². The van der Waals surface area contributed by atoms with Crippen LogP contribution in [0.15, 0.2) is 42.5 Å². The van der Waals surface area contributed by atoms with Gasteiger partial charge in [0.25, 0.3) is 0 Å². The number of rotatable bonds is 3. The van der Waals surface area contributed by atoms with Gasteiger partial charge < -0.3 is 14.5 Å². The second kappa shape index (κ2) is 5.73. The van der Waals surface area contributed by atoms with E-state index in [-0.39, 0.29) is 23.4 Å². The minimum atomic E-state index is -0.143. The number of nitrogens with zero attached hydrogens (tertiary/aromatic N) is 2. The summed E-state index contributed by atoms with van der Waals surface area (Å²) in [7, 11) is 4.09. The van der Waals surface area contributed by atoms with Crippen LogP contribution in [0.5, 0.6) is 5.75 Å². The summed E-state index contributed by atoms with van der Waals surface area (Å²) in [5.41, 5.74) is 2.89. The minimum Gasteiger partial charge on any atom is -0.486 e. The maximum atomic E-state index is 14.8. The summed E-state index contributed by atoms with van der Waals surface area (Å²) in [4.78, 5) is 4.36. The van der Waals surface area contributed by atoms with Crippen LogP contribution < -0.4 is 9.64 Å². The normalized spacial score (nSPS) is 23.5. The maximum absolute atomic E-state index is 14.8. The van der Waals surface area contributed by atoms with E-state index in [1.165, 1.54) is 0 Å². The van der Waals surface area contributed by atoms with Gasteiger partial charge in [0.05, 0.1) is 11.7 Å². The van der Waals surface area contributed by atoms with Crippen LogP contribution in [0.4, 0.5) is 10.1 Å². The number of para-hydroxylation sites is 2. The number of benzene rings is 2. The summed E-state index contributed by atoms with van der Waals surface area (Å²) >= 11 is 0. The van der Waals surface area contributed by atoms with Crippen LogP contribution in [0.3, 0.4) is 0 Å². The fourth-order valence-electron chi connectivity index (χ4n) is 4.31. The predicted molar refractivity (Wildman–Crippen MR) is 98.9 cm³/mol. The number of ether oxygens (including phenoxy) is 1. The van der Waals surface area contributed by atoms with Crippen molar-refractivity contribution in [2.75, 3.05) is 32.1 Å². The highest BCUT2D eigenvalue weighted by Gasteiger charge is 2.46. The summed E-state index contributed by atoms with van der Waals surface area (Å²) in [6.07, 6.45) is -0.0197. The number of anilines is 1. The Morgan fingerprint density at radius 3 is 2.68 bits per heavy atom. The Labute approximate surface area is 149 Å². The molecule has 0 saturated carbocycles. The fourth-order valence-corrected chi connectivity index (χ4v) is 4.31. The molecule has 0 fully saturated rings. The molecule has 2 aromatic rings. The van der Waals surface area contributed by atoms with Crippen molar-refractivity contribution in [3.05, 3.63) is 59.4 Å². The Hall–Kier alpha value is -2.07. The third kappa shape index (κ3) is 2.60. The first-order valence-corrected chi connectivity index (χ1v) is 8.84. The Balaban J connectivity index is 1.83. The molecule has 25 heavy (non-hydrogen) atoms. The summed E-state index contributed by atoms with van der Waals surface area (Å²) in [6, 6.07) is 13.6. The molecule has 2 aliphatic rings. The Bertz CT molecular complexity index is 802. The van der Waals surface area contributed by atoms with Gasteiger partial charge in [-0.1, -0.05) is 44.2 Å². The van der Waals surface area contributed by atoms with Crippen molar-refractivity contribution in [1.29, 1.82) is 0 Å². The second-order valence-electron chi connectivity index (χ2n) is 8.05. The van der Waals surface area contributed by atoms with Gasteiger partial charge in [-0.15, -0.1) is 0 Å². The van der Waals surface area contributed by atoms with Crippen LogP contribution in [0, 0.1) is 5.82 Å². The molecule has 2 atom stereocenters. The van der Waals surface area contributed by atoms with Gasteiger partial charge in [-0.3, -0.25) is 0 Å². The molecule has 0 aliphatic carbocycles. The summed E-state index contributed by atoms with van der Waals surface area (Å²) in [6.45, 7) is 5.96. The van der Waals surface area contributed by atoms with Gasteiger partial charge in [0.15, 0.2) is 0 Å². The number of likely N-dealkylation sites (N-methyl/N-ethyl adjacent to an activating group) is 1. The van der Waals surface area contributed by atoms with E-state index in [2.05, 4.69) is 35.8 Å². The zero-order valence-corrected chi connectivity index (χ0v) is 15.3. The fraction of sp³-hybridized carbons (Fsp3) is 0.429. The number of hydrogen-bond donors (Lipinski definition) is 0. The van der Waals surface area contributed by atoms with E-state index in [0.717, 1.165) is 35.7 Å². The largest absolute Gasteiger partial charge is 0.486 e. The molecular formula is C21H25FN2O. The van der Waals surface area contributed by atoms with Gasteiger partial charge in [0.2, 0.25) is 0 Å². The SMILES string of the molecule is CN(C)C[C@H]1Oc2ccccc2[C@@H]1N1CC(C)(C)c2cccc(F)c21. The third-order valence-electron chi connectivity index (χ3n) is 5.32. The maximum Gasteiger partial charge on any atom is 0.146 e. The molecule has 0 unspecified atom stereocenters. The smallest absolute Gasteiger partial charge is 0.146 e. The summed E-state index contributed by atoms with van der Waals surface area (Å²) in [5, 5.41) is 0. The molecule has 2 aromatic carbocycles. The van der Waals surface area contributed by atoms with E-state index in [0.29, 0.717) is 0 Å². The van der Waals surface area contributed by atoms with Crippen molar-refractivity contribution < 1.29 is 9.13 Å². The van der Waals surface area contributed by atoms with Gasteiger partial charge in [-0.05, 0) is 31.8 Å².